The van der Waals surface area contributed by atoms with Gasteiger partial charge in [-0.15, -0.1) is 0 Å². The minimum atomic E-state index is -0.867. The van der Waals surface area contributed by atoms with Crippen molar-refractivity contribution in [3.05, 3.63) is 67.6 Å². The van der Waals surface area contributed by atoms with Crippen molar-refractivity contribution >= 4 is 37.8 Å². The van der Waals surface area contributed by atoms with Crippen LogP contribution < -0.4 is 17.2 Å². The second-order valence-corrected chi connectivity index (χ2v) is 9.61. The van der Waals surface area contributed by atoms with Crippen LogP contribution in [0.25, 0.3) is 0 Å². The number of nitrogens with zero attached hydrogens (tertiary/aromatic N) is 1. The SMILES string of the molecule is N#CC1(N)CCc2c(Br)cccc2C1.NC(=O)C1(N)CCc2c(Br)cccc2C1. The lowest BCUT2D eigenvalue weighted by atomic mass is 9.78. The van der Waals surface area contributed by atoms with Gasteiger partial charge >= 0.3 is 0 Å². The third-order valence-corrected chi connectivity index (χ3v) is 7.29. The Morgan fingerprint density at radius 1 is 0.931 bits per heavy atom. The van der Waals surface area contributed by atoms with Crippen molar-refractivity contribution < 1.29 is 4.79 Å². The summed E-state index contributed by atoms with van der Waals surface area (Å²) in [5.74, 6) is -0.409. The zero-order valence-corrected chi connectivity index (χ0v) is 19.2. The average molecular weight is 520 g/mol. The van der Waals surface area contributed by atoms with E-state index in [0.717, 1.165) is 33.8 Å². The van der Waals surface area contributed by atoms with Crippen LogP contribution in [0.3, 0.4) is 0 Å². The Kier molecular flexibility index (Phi) is 6.49. The minimum Gasteiger partial charge on any atom is -0.368 e. The fourth-order valence-corrected chi connectivity index (χ4v) is 5.17. The predicted octanol–water partition coefficient (Wildman–Crippen LogP) is 3.28. The zero-order chi connectivity index (χ0) is 21.2. The van der Waals surface area contributed by atoms with Crippen LogP contribution in [-0.2, 0) is 30.5 Å². The first-order valence-electron chi connectivity index (χ1n) is 9.49. The van der Waals surface area contributed by atoms with Crippen molar-refractivity contribution in [1.82, 2.24) is 0 Å². The van der Waals surface area contributed by atoms with Gasteiger partial charge in [-0.25, -0.2) is 0 Å². The fraction of sp³-hybridized carbons (Fsp3) is 0.364. The van der Waals surface area contributed by atoms with Gasteiger partial charge in [-0.3, -0.25) is 4.79 Å². The molecule has 0 saturated heterocycles. The van der Waals surface area contributed by atoms with Gasteiger partial charge in [0, 0.05) is 15.4 Å². The first-order chi connectivity index (χ1) is 13.7. The number of nitriles is 1. The van der Waals surface area contributed by atoms with E-state index in [1.807, 2.05) is 30.3 Å². The number of amides is 1. The van der Waals surface area contributed by atoms with E-state index in [4.69, 9.17) is 22.5 Å². The third kappa shape index (κ3) is 4.72. The van der Waals surface area contributed by atoms with Crippen molar-refractivity contribution in [1.29, 1.82) is 5.26 Å². The molecule has 7 heteroatoms. The van der Waals surface area contributed by atoms with E-state index in [-0.39, 0.29) is 0 Å². The summed E-state index contributed by atoms with van der Waals surface area (Å²) in [4.78, 5) is 11.3. The Morgan fingerprint density at radius 3 is 1.97 bits per heavy atom. The maximum Gasteiger partial charge on any atom is 0.237 e. The Balaban J connectivity index is 0.000000166. The van der Waals surface area contributed by atoms with Crippen LogP contribution >= 0.6 is 31.9 Å². The van der Waals surface area contributed by atoms with Crippen molar-refractivity contribution in [2.75, 3.05) is 0 Å². The fourth-order valence-electron chi connectivity index (χ4n) is 3.96. The van der Waals surface area contributed by atoms with Gasteiger partial charge in [0.2, 0.25) is 5.91 Å². The maximum atomic E-state index is 11.3. The van der Waals surface area contributed by atoms with Gasteiger partial charge in [0.15, 0.2) is 0 Å². The van der Waals surface area contributed by atoms with Gasteiger partial charge in [0.25, 0.3) is 0 Å². The third-order valence-electron chi connectivity index (χ3n) is 5.80. The van der Waals surface area contributed by atoms with Gasteiger partial charge in [0.05, 0.1) is 11.6 Å². The number of nitrogens with two attached hydrogens (primary N) is 3. The van der Waals surface area contributed by atoms with Crippen LogP contribution in [0.1, 0.15) is 35.1 Å². The number of rotatable bonds is 1. The van der Waals surface area contributed by atoms with Crippen molar-refractivity contribution in [3.8, 4) is 6.07 Å². The second kappa shape index (κ2) is 8.57. The molecule has 5 nitrogen and oxygen atoms in total. The van der Waals surface area contributed by atoms with E-state index in [0.29, 0.717) is 19.3 Å². The van der Waals surface area contributed by atoms with Crippen LogP contribution in [0, 0.1) is 11.3 Å². The largest absolute Gasteiger partial charge is 0.368 e. The van der Waals surface area contributed by atoms with Crippen molar-refractivity contribution in [3.63, 3.8) is 0 Å². The van der Waals surface area contributed by atoms with Gasteiger partial charge in [-0.2, -0.15) is 5.26 Å². The van der Waals surface area contributed by atoms with Crippen LogP contribution in [0.2, 0.25) is 0 Å². The summed E-state index contributed by atoms with van der Waals surface area (Å²) in [7, 11) is 0. The Bertz CT molecular complexity index is 987. The summed E-state index contributed by atoms with van der Waals surface area (Å²) in [6.45, 7) is 0. The molecular weight excluding hydrogens is 496 g/mol. The van der Waals surface area contributed by atoms with E-state index in [1.165, 1.54) is 16.7 Å². The average Bonchev–Trinajstić information content (AvgIpc) is 2.68. The van der Waals surface area contributed by atoms with Crippen molar-refractivity contribution in [2.24, 2.45) is 17.2 Å². The molecule has 6 N–H and O–H groups in total. The highest BCUT2D eigenvalue weighted by Gasteiger charge is 2.36. The molecule has 0 spiro atoms. The molecule has 2 aliphatic rings. The normalized spacial score (nSPS) is 24.9. The molecule has 0 aliphatic heterocycles. The molecule has 2 aromatic carbocycles. The molecule has 1 amide bonds. The molecule has 152 valence electrons. The van der Waals surface area contributed by atoms with Crippen LogP contribution in [0.5, 0.6) is 0 Å². The number of hydrogen-bond acceptors (Lipinski definition) is 4. The Morgan fingerprint density at radius 2 is 1.45 bits per heavy atom. The quantitative estimate of drug-likeness (QED) is 0.535. The molecule has 0 heterocycles. The van der Waals surface area contributed by atoms with Gasteiger partial charge in [0.1, 0.15) is 5.54 Å². The molecule has 4 rings (SSSR count). The number of carbonyl (C=O) groups is 1. The van der Waals surface area contributed by atoms with E-state index in [1.54, 1.807) is 0 Å². The standard InChI is InChI=1S/C11H13BrN2O.C11H11BrN2/c12-9-3-1-2-7-6-11(14,10(13)15)5-4-8(7)9;12-10-3-1-2-8-6-11(14,7-13)5-4-9(8)10/h1-3H,4-6,14H2,(H2,13,15);1-3H,4-6,14H2. The number of benzene rings is 2. The van der Waals surface area contributed by atoms with E-state index in [2.05, 4.69) is 44.0 Å². The lowest BCUT2D eigenvalue weighted by Crippen LogP contribution is -2.55. The van der Waals surface area contributed by atoms with Gasteiger partial charge in [-0.05, 0) is 66.5 Å². The highest BCUT2D eigenvalue weighted by atomic mass is 79.9. The lowest BCUT2D eigenvalue weighted by Gasteiger charge is -2.32. The Hall–Kier alpha value is -1.72. The zero-order valence-electron chi connectivity index (χ0n) is 16.1. The summed E-state index contributed by atoms with van der Waals surface area (Å²) in [5.41, 5.74) is 20.6. The topological polar surface area (TPSA) is 119 Å². The van der Waals surface area contributed by atoms with Crippen LogP contribution in [0.15, 0.2) is 45.3 Å². The highest BCUT2D eigenvalue weighted by molar-refractivity contribution is 9.10. The monoisotopic (exact) mass is 518 g/mol. The molecule has 0 radical (unpaired) electrons. The number of primary amides is 1. The Labute approximate surface area is 187 Å². The van der Waals surface area contributed by atoms with E-state index in [9.17, 15) is 4.79 Å². The first kappa shape index (κ1) is 22.0. The number of hydrogen-bond donors (Lipinski definition) is 3. The molecule has 2 aliphatic carbocycles. The van der Waals surface area contributed by atoms with E-state index >= 15 is 0 Å². The van der Waals surface area contributed by atoms with Gasteiger partial charge < -0.3 is 17.2 Å². The van der Waals surface area contributed by atoms with Crippen LogP contribution in [-0.4, -0.2) is 17.0 Å². The minimum absolute atomic E-state index is 0.409. The molecular formula is C22H24Br2N4O. The molecule has 2 unspecified atom stereocenters. The van der Waals surface area contributed by atoms with Crippen LogP contribution in [0.4, 0.5) is 0 Å². The van der Waals surface area contributed by atoms with Gasteiger partial charge in [-0.1, -0.05) is 56.1 Å². The second-order valence-electron chi connectivity index (χ2n) is 7.90. The molecule has 29 heavy (non-hydrogen) atoms. The number of halogens is 2. The summed E-state index contributed by atoms with van der Waals surface area (Å²) in [6.07, 6.45) is 4.27. The van der Waals surface area contributed by atoms with E-state index < -0.39 is 17.0 Å². The summed E-state index contributed by atoms with van der Waals surface area (Å²) >= 11 is 7.02. The first-order valence-corrected chi connectivity index (χ1v) is 11.1. The summed E-state index contributed by atoms with van der Waals surface area (Å²) in [6, 6.07) is 14.2. The number of fused-ring (bicyclic) bond motifs is 2. The predicted molar refractivity (Wildman–Crippen MR) is 121 cm³/mol. The molecule has 0 bridgehead atoms. The number of carbonyl (C=O) groups excluding carboxylic acids is 1. The summed E-state index contributed by atoms with van der Waals surface area (Å²) < 4.78 is 2.22. The molecule has 2 aromatic rings. The highest BCUT2D eigenvalue weighted by Crippen LogP contribution is 2.32. The molecule has 2 atom stereocenters. The smallest absolute Gasteiger partial charge is 0.237 e. The molecule has 0 saturated carbocycles. The maximum absolute atomic E-state index is 11.3. The lowest BCUT2D eigenvalue weighted by molar-refractivity contribution is -0.123. The summed E-state index contributed by atoms with van der Waals surface area (Å²) in [5, 5.41) is 8.96. The van der Waals surface area contributed by atoms with Crippen molar-refractivity contribution in [2.45, 2.75) is 49.6 Å². The molecule has 0 aromatic heterocycles. The molecule has 0 fully saturated rings.